The first kappa shape index (κ1) is 20.9. The van der Waals surface area contributed by atoms with Gasteiger partial charge in [0.15, 0.2) is 0 Å². The molecule has 3 N–H and O–H groups in total. The molecule has 0 unspecified atom stereocenters. The van der Waals surface area contributed by atoms with Crippen molar-refractivity contribution in [3.63, 3.8) is 0 Å². The lowest BCUT2D eigenvalue weighted by Gasteiger charge is -2.33. The number of H-pyrrole nitrogens is 1. The van der Waals surface area contributed by atoms with E-state index >= 15 is 0 Å². The van der Waals surface area contributed by atoms with Gasteiger partial charge in [-0.15, -0.1) is 0 Å². The van der Waals surface area contributed by atoms with Gasteiger partial charge < -0.3 is 19.9 Å². The summed E-state index contributed by atoms with van der Waals surface area (Å²) in [6.45, 7) is 5.15. The summed E-state index contributed by atoms with van der Waals surface area (Å²) in [6, 6.07) is 11.9. The number of piperazine rings is 1. The number of carbonyl (C=O) groups is 1. The van der Waals surface area contributed by atoms with Crippen LogP contribution in [0.15, 0.2) is 42.6 Å². The summed E-state index contributed by atoms with van der Waals surface area (Å²) < 4.78 is 5.51. The number of aromatic nitrogens is 1. The van der Waals surface area contributed by atoms with Gasteiger partial charge >= 0.3 is 0 Å². The summed E-state index contributed by atoms with van der Waals surface area (Å²) in [5.74, 6) is 1.77. The van der Waals surface area contributed by atoms with Gasteiger partial charge in [0.1, 0.15) is 24.4 Å². The molecular formula is C22H33N5O2+2. The zero-order valence-electron chi connectivity index (χ0n) is 17.7. The van der Waals surface area contributed by atoms with Gasteiger partial charge in [-0.2, -0.15) is 0 Å². The Kier molecular flexibility index (Phi) is 7.30. The van der Waals surface area contributed by atoms with Crippen molar-refractivity contribution in [1.29, 1.82) is 0 Å². The molecule has 0 spiro atoms. The number of hydrogen-bond donors (Lipinski definition) is 2. The molecule has 1 amide bonds. The normalized spacial score (nSPS) is 14.2. The minimum absolute atomic E-state index is 0.0160. The van der Waals surface area contributed by atoms with Gasteiger partial charge in [0.05, 0.1) is 52.7 Å². The molecule has 7 nitrogen and oxygen atoms in total. The highest BCUT2D eigenvalue weighted by atomic mass is 16.5. The minimum atomic E-state index is -0.0160. The molecule has 1 aromatic carbocycles. The first-order chi connectivity index (χ1) is 14.1. The van der Waals surface area contributed by atoms with Crippen LogP contribution in [0.2, 0.25) is 0 Å². The van der Waals surface area contributed by atoms with E-state index in [1.165, 1.54) is 4.90 Å². The zero-order valence-corrected chi connectivity index (χ0v) is 17.7. The molecule has 0 aliphatic carbocycles. The van der Waals surface area contributed by atoms with Gasteiger partial charge in [-0.05, 0) is 24.3 Å². The van der Waals surface area contributed by atoms with Crippen LogP contribution in [0.25, 0.3) is 0 Å². The molecule has 1 aliphatic rings. The maximum absolute atomic E-state index is 12.7. The molecule has 1 aliphatic heterocycles. The highest BCUT2D eigenvalue weighted by Gasteiger charge is 2.29. The van der Waals surface area contributed by atoms with E-state index in [1.807, 2.05) is 36.5 Å². The molecule has 2 aromatic rings. The van der Waals surface area contributed by atoms with Crippen molar-refractivity contribution in [2.45, 2.75) is 6.42 Å². The first-order valence-electron chi connectivity index (χ1n) is 10.3. The van der Waals surface area contributed by atoms with Gasteiger partial charge in [0.25, 0.3) is 11.7 Å². The number of nitrogens with zero attached hydrogens (tertiary/aromatic N) is 2. The third-order valence-electron chi connectivity index (χ3n) is 5.24. The number of rotatable bonds is 8. The lowest BCUT2D eigenvalue weighted by molar-refractivity contribution is -0.858. The molecule has 0 bridgehead atoms. The number of amides is 1. The number of methoxy groups -OCH3 is 1. The number of quaternary nitrogens is 1. The summed E-state index contributed by atoms with van der Waals surface area (Å²) in [7, 11) is 5.95. The molecule has 1 aromatic heterocycles. The van der Waals surface area contributed by atoms with E-state index in [9.17, 15) is 4.79 Å². The third kappa shape index (κ3) is 5.38. The van der Waals surface area contributed by atoms with Gasteiger partial charge in [0, 0.05) is 13.0 Å². The van der Waals surface area contributed by atoms with Gasteiger partial charge in [-0.3, -0.25) is 9.69 Å². The summed E-state index contributed by atoms with van der Waals surface area (Å²) in [6.07, 6.45) is 2.85. The van der Waals surface area contributed by atoms with Crippen molar-refractivity contribution in [3.05, 3.63) is 48.2 Å². The maximum atomic E-state index is 12.7. The van der Waals surface area contributed by atoms with Crippen molar-refractivity contribution in [1.82, 2.24) is 5.32 Å². The Hall–Kier alpha value is -2.80. The molecule has 0 saturated carbocycles. The number of hydrogen-bond acceptors (Lipinski definition) is 4. The maximum Gasteiger partial charge on any atom is 0.287 e. The van der Waals surface area contributed by atoms with E-state index in [1.54, 1.807) is 7.11 Å². The number of para-hydroxylation sites is 2. The monoisotopic (exact) mass is 399 g/mol. The number of ether oxygens (including phenoxy) is 1. The van der Waals surface area contributed by atoms with Crippen LogP contribution in [0.4, 0.5) is 11.5 Å². The lowest BCUT2D eigenvalue weighted by atomic mass is 10.2. The number of pyridine rings is 1. The van der Waals surface area contributed by atoms with E-state index in [0.29, 0.717) is 12.1 Å². The second-order valence-electron chi connectivity index (χ2n) is 7.64. The van der Waals surface area contributed by atoms with E-state index in [4.69, 9.17) is 4.74 Å². The third-order valence-corrected chi connectivity index (χ3v) is 5.24. The first-order valence-corrected chi connectivity index (χ1v) is 10.3. The predicted octanol–water partition coefficient (Wildman–Crippen LogP) is 0.100. The van der Waals surface area contributed by atoms with Crippen LogP contribution < -0.4 is 29.7 Å². The van der Waals surface area contributed by atoms with E-state index in [0.717, 1.165) is 56.4 Å². The van der Waals surface area contributed by atoms with Crippen molar-refractivity contribution in [2.75, 3.05) is 70.3 Å². The number of aromatic amines is 1. The fraction of sp³-hybridized carbons (Fsp3) is 0.455. The van der Waals surface area contributed by atoms with E-state index < -0.39 is 0 Å². The molecule has 3 rings (SSSR count). The molecule has 1 saturated heterocycles. The Morgan fingerprint density at radius 3 is 2.55 bits per heavy atom. The van der Waals surface area contributed by atoms with Crippen molar-refractivity contribution < 1.29 is 19.4 Å². The highest BCUT2D eigenvalue weighted by Crippen LogP contribution is 2.29. The second kappa shape index (κ2) is 10.1. The van der Waals surface area contributed by atoms with Crippen LogP contribution >= 0.6 is 0 Å². The van der Waals surface area contributed by atoms with Crippen molar-refractivity contribution in [3.8, 4) is 5.75 Å². The van der Waals surface area contributed by atoms with Crippen LogP contribution in [-0.4, -0.2) is 66.4 Å². The standard InChI is InChI=1S/C22H31N5O2/c1-25(2)13-7-12-24-22(28)18-8-6-11-23-21(18)27-16-14-26(15-17-27)19-9-4-5-10-20(19)29-3/h4-6,8-11H,7,12-17H2,1-3H3,(H,24,28)/p+2. The van der Waals surface area contributed by atoms with Crippen LogP contribution in [-0.2, 0) is 0 Å². The second-order valence-corrected chi connectivity index (χ2v) is 7.64. The van der Waals surface area contributed by atoms with Gasteiger partial charge in [-0.1, -0.05) is 12.1 Å². The highest BCUT2D eigenvalue weighted by molar-refractivity contribution is 5.98. The summed E-state index contributed by atoms with van der Waals surface area (Å²) in [5.41, 5.74) is 1.82. The SMILES string of the molecule is COc1ccccc1N1CCN(c2[nH+]cccc2C(=O)NCCC[NH+](C)C)CC1. The van der Waals surface area contributed by atoms with Crippen LogP contribution in [0.5, 0.6) is 5.75 Å². The minimum Gasteiger partial charge on any atom is -0.495 e. The van der Waals surface area contributed by atoms with Gasteiger partial charge in [0.2, 0.25) is 0 Å². The number of anilines is 2. The summed E-state index contributed by atoms with van der Waals surface area (Å²) in [4.78, 5) is 22.0. The topological polar surface area (TPSA) is 63.4 Å². The largest absolute Gasteiger partial charge is 0.495 e. The Morgan fingerprint density at radius 1 is 1.10 bits per heavy atom. The quantitative estimate of drug-likeness (QED) is 0.618. The molecule has 2 heterocycles. The Morgan fingerprint density at radius 2 is 1.83 bits per heavy atom. The number of benzene rings is 1. The number of carbonyl (C=O) groups excluding carboxylic acids is 1. The molecule has 29 heavy (non-hydrogen) atoms. The lowest BCUT2D eigenvalue weighted by Crippen LogP contribution is -3.05. The zero-order chi connectivity index (χ0) is 20.6. The molecule has 156 valence electrons. The van der Waals surface area contributed by atoms with E-state index in [-0.39, 0.29) is 5.91 Å². The average Bonchev–Trinajstić information content (AvgIpc) is 2.76. The molecule has 1 fully saturated rings. The van der Waals surface area contributed by atoms with Gasteiger partial charge in [-0.25, -0.2) is 4.98 Å². The molecule has 0 radical (unpaired) electrons. The predicted molar refractivity (Wildman–Crippen MR) is 115 cm³/mol. The number of nitrogens with one attached hydrogen (secondary N) is 3. The van der Waals surface area contributed by atoms with Crippen LogP contribution in [0, 0.1) is 0 Å². The average molecular weight is 400 g/mol. The Bertz CT molecular complexity index is 803. The fourth-order valence-corrected chi connectivity index (χ4v) is 3.67. The summed E-state index contributed by atoms with van der Waals surface area (Å²) in [5, 5.41) is 3.06. The van der Waals surface area contributed by atoms with Crippen molar-refractivity contribution >= 4 is 17.4 Å². The molecule has 7 heteroatoms. The smallest absolute Gasteiger partial charge is 0.287 e. The van der Waals surface area contributed by atoms with E-state index in [2.05, 4.69) is 40.3 Å². The molecule has 0 atom stereocenters. The van der Waals surface area contributed by atoms with Crippen LogP contribution in [0.1, 0.15) is 16.8 Å². The van der Waals surface area contributed by atoms with Crippen molar-refractivity contribution in [2.24, 2.45) is 0 Å². The summed E-state index contributed by atoms with van der Waals surface area (Å²) >= 11 is 0. The molecular weight excluding hydrogens is 366 g/mol. The fourth-order valence-electron chi connectivity index (χ4n) is 3.67. The van der Waals surface area contributed by atoms with Crippen LogP contribution in [0.3, 0.4) is 0 Å². The Labute approximate surface area is 173 Å². The Balaban J connectivity index is 1.63.